The minimum atomic E-state index is 0.0127. The summed E-state index contributed by atoms with van der Waals surface area (Å²) < 4.78 is 10.5. The van der Waals surface area contributed by atoms with Gasteiger partial charge in [-0.05, 0) is 37.8 Å². The lowest BCUT2D eigenvalue weighted by Crippen LogP contribution is -2.45. The highest BCUT2D eigenvalue weighted by atomic mass is 16.5. The van der Waals surface area contributed by atoms with Crippen molar-refractivity contribution in [2.75, 3.05) is 26.3 Å². The summed E-state index contributed by atoms with van der Waals surface area (Å²) in [5, 5.41) is 2.92. The van der Waals surface area contributed by atoms with Gasteiger partial charge >= 0.3 is 0 Å². The molecule has 1 aliphatic heterocycles. The van der Waals surface area contributed by atoms with Gasteiger partial charge in [0.15, 0.2) is 0 Å². The summed E-state index contributed by atoms with van der Waals surface area (Å²) in [7, 11) is 0. The molecule has 6 nitrogen and oxygen atoms in total. The number of nitrogens with one attached hydrogen (secondary N) is 1. The molecular weight excluding hydrogens is 296 g/mol. The third-order valence-corrected chi connectivity index (χ3v) is 4.79. The largest absolute Gasteiger partial charge is 0.467 e. The summed E-state index contributed by atoms with van der Waals surface area (Å²) in [6.07, 6.45) is 4.77. The van der Waals surface area contributed by atoms with Crippen molar-refractivity contribution < 1.29 is 18.7 Å². The third kappa shape index (κ3) is 4.13. The summed E-state index contributed by atoms with van der Waals surface area (Å²) in [5.41, 5.74) is 0. The average molecular weight is 320 g/mol. The molecule has 0 bridgehead atoms. The quantitative estimate of drug-likeness (QED) is 0.914. The molecular formula is C17H24N2O4. The summed E-state index contributed by atoms with van der Waals surface area (Å²) in [4.78, 5) is 26.6. The van der Waals surface area contributed by atoms with Crippen LogP contribution in [0.25, 0.3) is 0 Å². The van der Waals surface area contributed by atoms with Gasteiger partial charge in [-0.15, -0.1) is 0 Å². The second kappa shape index (κ2) is 7.64. The zero-order chi connectivity index (χ0) is 16.1. The standard InChI is InChI=1S/C17H24N2O4/c20-16(18-12-15-2-1-9-23-15)13-3-5-14(6-4-13)17(21)19-7-10-22-11-8-19/h1-2,9,13-14H,3-8,10-12H2,(H,18,20). The molecule has 126 valence electrons. The molecule has 23 heavy (non-hydrogen) atoms. The number of furan rings is 1. The van der Waals surface area contributed by atoms with Crippen molar-refractivity contribution in [3.05, 3.63) is 24.2 Å². The Labute approximate surface area is 136 Å². The molecule has 0 aromatic carbocycles. The van der Waals surface area contributed by atoms with Gasteiger partial charge in [0.2, 0.25) is 11.8 Å². The number of ether oxygens (including phenoxy) is 1. The lowest BCUT2D eigenvalue weighted by atomic mass is 9.81. The summed E-state index contributed by atoms with van der Waals surface area (Å²) in [6.45, 7) is 3.09. The molecule has 2 aliphatic rings. The van der Waals surface area contributed by atoms with Gasteiger partial charge in [0, 0.05) is 24.9 Å². The number of hydrogen-bond donors (Lipinski definition) is 1. The number of nitrogens with zero attached hydrogens (tertiary/aromatic N) is 1. The van der Waals surface area contributed by atoms with Crippen molar-refractivity contribution in [1.82, 2.24) is 10.2 Å². The van der Waals surface area contributed by atoms with E-state index in [4.69, 9.17) is 9.15 Å². The van der Waals surface area contributed by atoms with Crippen LogP contribution in [0.1, 0.15) is 31.4 Å². The van der Waals surface area contributed by atoms with Gasteiger partial charge in [0.25, 0.3) is 0 Å². The van der Waals surface area contributed by atoms with E-state index in [0.717, 1.165) is 31.4 Å². The first-order chi connectivity index (χ1) is 11.2. The normalized spacial score (nSPS) is 25.1. The minimum absolute atomic E-state index is 0.0127. The van der Waals surface area contributed by atoms with E-state index >= 15 is 0 Å². The molecule has 0 atom stereocenters. The lowest BCUT2D eigenvalue weighted by molar-refractivity contribution is -0.142. The monoisotopic (exact) mass is 320 g/mol. The van der Waals surface area contributed by atoms with Crippen molar-refractivity contribution in [3.8, 4) is 0 Å². The molecule has 0 unspecified atom stereocenters. The van der Waals surface area contributed by atoms with E-state index < -0.39 is 0 Å². The smallest absolute Gasteiger partial charge is 0.225 e. The van der Waals surface area contributed by atoms with Crippen LogP contribution in [0, 0.1) is 11.8 Å². The zero-order valence-corrected chi connectivity index (χ0v) is 13.3. The Balaban J connectivity index is 1.42. The van der Waals surface area contributed by atoms with Gasteiger partial charge in [-0.2, -0.15) is 0 Å². The fourth-order valence-electron chi connectivity index (χ4n) is 3.38. The summed E-state index contributed by atoms with van der Waals surface area (Å²) in [5.74, 6) is 1.15. The Morgan fingerprint density at radius 2 is 1.83 bits per heavy atom. The summed E-state index contributed by atoms with van der Waals surface area (Å²) in [6, 6.07) is 3.65. The highest BCUT2D eigenvalue weighted by Gasteiger charge is 2.32. The minimum Gasteiger partial charge on any atom is -0.467 e. The SMILES string of the molecule is O=C(NCc1ccco1)C1CCC(C(=O)N2CCOCC2)CC1. The predicted octanol–water partition coefficient (Wildman–Crippen LogP) is 1.56. The van der Waals surface area contributed by atoms with Crippen molar-refractivity contribution in [3.63, 3.8) is 0 Å². The fourth-order valence-corrected chi connectivity index (χ4v) is 3.38. The fraction of sp³-hybridized carbons (Fsp3) is 0.647. The number of carbonyl (C=O) groups excluding carboxylic acids is 2. The molecule has 1 N–H and O–H groups in total. The van der Waals surface area contributed by atoms with Crippen LogP contribution in [0.2, 0.25) is 0 Å². The molecule has 6 heteroatoms. The Morgan fingerprint density at radius 1 is 1.13 bits per heavy atom. The average Bonchev–Trinajstić information content (AvgIpc) is 3.13. The van der Waals surface area contributed by atoms with Crippen LogP contribution in [0.15, 0.2) is 22.8 Å². The van der Waals surface area contributed by atoms with Crippen LogP contribution < -0.4 is 5.32 Å². The van der Waals surface area contributed by atoms with Crippen LogP contribution in [0.5, 0.6) is 0 Å². The zero-order valence-electron chi connectivity index (χ0n) is 13.3. The van der Waals surface area contributed by atoms with Crippen molar-refractivity contribution in [2.24, 2.45) is 11.8 Å². The number of morpholine rings is 1. The molecule has 1 saturated carbocycles. The number of carbonyl (C=O) groups is 2. The molecule has 2 heterocycles. The van der Waals surface area contributed by atoms with Gasteiger partial charge in [-0.3, -0.25) is 9.59 Å². The maximum absolute atomic E-state index is 12.5. The van der Waals surface area contributed by atoms with Crippen LogP contribution in [-0.2, 0) is 20.9 Å². The van der Waals surface area contributed by atoms with Crippen molar-refractivity contribution in [1.29, 1.82) is 0 Å². The van der Waals surface area contributed by atoms with Gasteiger partial charge < -0.3 is 19.4 Å². The van der Waals surface area contributed by atoms with Crippen LogP contribution in [0.3, 0.4) is 0 Å². The molecule has 2 fully saturated rings. The molecule has 1 aromatic rings. The van der Waals surface area contributed by atoms with E-state index in [2.05, 4.69) is 5.32 Å². The van der Waals surface area contributed by atoms with E-state index in [1.54, 1.807) is 6.26 Å². The van der Waals surface area contributed by atoms with Gasteiger partial charge in [0.1, 0.15) is 5.76 Å². The second-order valence-electron chi connectivity index (χ2n) is 6.28. The van der Waals surface area contributed by atoms with E-state index in [1.807, 2.05) is 17.0 Å². The number of amides is 2. The van der Waals surface area contributed by atoms with Crippen LogP contribution in [0.4, 0.5) is 0 Å². The molecule has 1 aliphatic carbocycles. The molecule has 1 saturated heterocycles. The first-order valence-electron chi connectivity index (χ1n) is 8.40. The van der Waals surface area contributed by atoms with Gasteiger partial charge in [0.05, 0.1) is 26.0 Å². The maximum Gasteiger partial charge on any atom is 0.225 e. The van der Waals surface area contributed by atoms with E-state index in [-0.39, 0.29) is 23.7 Å². The Bertz CT molecular complexity index is 515. The second-order valence-corrected chi connectivity index (χ2v) is 6.28. The van der Waals surface area contributed by atoms with Gasteiger partial charge in [-0.25, -0.2) is 0 Å². The predicted molar refractivity (Wildman–Crippen MR) is 83.4 cm³/mol. The third-order valence-electron chi connectivity index (χ3n) is 4.79. The van der Waals surface area contributed by atoms with Crippen LogP contribution in [-0.4, -0.2) is 43.0 Å². The van der Waals surface area contributed by atoms with Gasteiger partial charge in [-0.1, -0.05) is 0 Å². The molecule has 1 aromatic heterocycles. The first-order valence-corrected chi connectivity index (χ1v) is 8.40. The number of rotatable bonds is 4. The Kier molecular flexibility index (Phi) is 5.33. The Morgan fingerprint density at radius 3 is 2.48 bits per heavy atom. The molecule has 0 radical (unpaired) electrons. The first kappa shape index (κ1) is 16.1. The molecule has 0 spiro atoms. The van der Waals surface area contributed by atoms with E-state index in [0.29, 0.717) is 32.8 Å². The highest BCUT2D eigenvalue weighted by Crippen LogP contribution is 2.30. The van der Waals surface area contributed by atoms with Crippen LogP contribution >= 0.6 is 0 Å². The maximum atomic E-state index is 12.5. The highest BCUT2D eigenvalue weighted by molar-refractivity contribution is 5.81. The number of hydrogen-bond acceptors (Lipinski definition) is 4. The van der Waals surface area contributed by atoms with Crippen molar-refractivity contribution >= 4 is 11.8 Å². The van der Waals surface area contributed by atoms with Crippen molar-refractivity contribution in [2.45, 2.75) is 32.2 Å². The Hall–Kier alpha value is -1.82. The topological polar surface area (TPSA) is 71.8 Å². The molecule has 3 rings (SSSR count). The lowest BCUT2D eigenvalue weighted by Gasteiger charge is -2.33. The molecule has 2 amide bonds. The van der Waals surface area contributed by atoms with E-state index in [9.17, 15) is 9.59 Å². The van der Waals surface area contributed by atoms with E-state index in [1.165, 1.54) is 0 Å². The summed E-state index contributed by atoms with van der Waals surface area (Å²) >= 11 is 0.